The van der Waals surface area contributed by atoms with Gasteiger partial charge in [-0.15, -0.1) is 0 Å². The van der Waals surface area contributed by atoms with Crippen molar-refractivity contribution >= 4 is 46.5 Å². The number of aliphatic imine (C=N–C) groups is 1. The molecule has 1 aliphatic rings. The van der Waals surface area contributed by atoms with Crippen LogP contribution in [0.2, 0.25) is 0 Å². The van der Waals surface area contributed by atoms with Crippen LogP contribution in [0.25, 0.3) is 17.4 Å². The minimum atomic E-state index is -0.998. The van der Waals surface area contributed by atoms with Crippen molar-refractivity contribution in [2.45, 2.75) is 0 Å². The Bertz CT molecular complexity index is 1310. The molecule has 33 heavy (non-hydrogen) atoms. The number of nitrogens with zero attached hydrogens (tertiary/aromatic N) is 2. The highest BCUT2D eigenvalue weighted by Gasteiger charge is 2.30. The second kappa shape index (κ2) is 9.17. The Morgan fingerprint density at radius 1 is 1.09 bits per heavy atom. The van der Waals surface area contributed by atoms with Crippen LogP contribution in [0.4, 0.5) is 5.69 Å². The van der Waals surface area contributed by atoms with Crippen LogP contribution in [-0.4, -0.2) is 47.2 Å². The Kier molecular flexibility index (Phi) is 6.14. The Hall–Kier alpha value is -4.11. The normalized spacial score (nSPS) is 15.9. The second-order valence-corrected chi connectivity index (χ2v) is 8.00. The Morgan fingerprint density at radius 2 is 1.85 bits per heavy atom. The largest absolute Gasteiger partial charge is 0.478 e. The molecule has 2 heterocycles. The van der Waals surface area contributed by atoms with Crippen LogP contribution in [0.1, 0.15) is 26.5 Å². The average Bonchev–Trinajstić information content (AvgIpc) is 3.39. The lowest BCUT2D eigenvalue weighted by atomic mass is 10.1. The summed E-state index contributed by atoms with van der Waals surface area (Å²) in [5, 5.41) is 9.48. The fraction of sp³-hybridized carbons (Fsp3) is 0.0833. The molecule has 4 rings (SSSR count). The zero-order chi connectivity index (χ0) is 23.5. The highest BCUT2D eigenvalue weighted by Crippen LogP contribution is 2.34. The molecule has 2 aromatic carbocycles. The van der Waals surface area contributed by atoms with Gasteiger partial charge in [-0.2, -0.15) is 0 Å². The molecule has 0 unspecified atom stereocenters. The molecule has 0 saturated carbocycles. The van der Waals surface area contributed by atoms with E-state index in [1.54, 1.807) is 61.7 Å². The molecule has 0 radical (unpaired) electrons. The van der Waals surface area contributed by atoms with Crippen LogP contribution < -0.4 is 0 Å². The molecule has 0 aliphatic carbocycles. The van der Waals surface area contributed by atoms with Crippen molar-refractivity contribution in [1.29, 1.82) is 0 Å². The first-order valence-corrected chi connectivity index (χ1v) is 10.6. The number of rotatable bonds is 5. The third kappa shape index (κ3) is 4.73. The van der Waals surface area contributed by atoms with Gasteiger partial charge in [0, 0.05) is 18.7 Å². The van der Waals surface area contributed by atoms with Gasteiger partial charge in [0.05, 0.1) is 28.8 Å². The van der Waals surface area contributed by atoms with Gasteiger partial charge in [0.15, 0.2) is 5.17 Å². The van der Waals surface area contributed by atoms with Crippen molar-refractivity contribution in [1.82, 2.24) is 4.90 Å². The van der Waals surface area contributed by atoms with Crippen molar-refractivity contribution < 1.29 is 28.6 Å². The summed E-state index contributed by atoms with van der Waals surface area (Å²) in [6.45, 7) is 0. The van der Waals surface area contributed by atoms with E-state index in [0.717, 1.165) is 5.56 Å². The van der Waals surface area contributed by atoms with Crippen molar-refractivity contribution in [2.75, 3.05) is 14.2 Å². The Labute approximate surface area is 193 Å². The number of amidine groups is 1. The number of amides is 1. The summed E-state index contributed by atoms with van der Waals surface area (Å²) < 4.78 is 10.6. The molecule has 0 spiro atoms. The van der Waals surface area contributed by atoms with E-state index in [1.165, 1.54) is 35.9 Å². The molecule has 0 bridgehead atoms. The highest BCUT2D eigenvalue weighted by molar-refractivity contribution is 8.18. The van der Waals surface area contributed by atoms with E-state index in [1.807, 2.05) is 0 Å². The molecule has 1 saturated heterocycles. The van der Waals surface area contributed by atoms with Gasteiger partial charge in [-0.3, -0.25) is 9.69 Å². The average molecular weight is 462 g/mol. The first kappa shape index (κ1) is 22.1. The number of carboxylic acids is 1. The van der Waals surface area contributed by atoms with E-state index in [0.29, 0.717) is 32.8 Å². The zero-order valence-corrected chi connectivity index (χ0v) is 18.5. The van der Waals surface area contributed by atoms with Crippen molar-refractivity contribution in [3.05, 3.63) is 82.5 Å². The number of benzene rings is 2. The highest BCUT2D eigenvalue weighted by atomic mass is 32.2. The van der Waals surface area contributed by atoms with Crippen LogP contribution in [0, 0.1) is 0 Å². The summed E-state index contributed by atoms with van der Waals surface area (Å²) in [5.74, 6) is -0.664. The number of likely N-dealkylation sites (N-methyl/N-ethyl adjacent to an activating group) is 1. The first-order chi connectivity index (χ1) is 15.9. The number of carbonyl (C=O) groups excluding carboxylic acids is 2. The fourth-order valence-corrected chi connectivity index (χ4v) is 4.04. The van der Waals surface area contributed by atoms with Crippen LogP contribution in [-0.2, 0) is 9.53 Å². The van der Waals surface area contributed by atoms with E-state index in [-0.39, 0.29) is 11.5 Å². The SMILES string of the molecule is COC(=O)c1cccc(N=C2SC(=Cc3ccc(-c4ccc(C(=O)O)cc4)o3)C(=O)N2C)c1. The fourth-order valence-electron chi connectivity index (χ4n) is 3.07. The first-order valence-electron chi connectivity index (χ1n) is 9.74. The van der Waals surface area contributed by atoms with Gasteiger partial charge in [-0.1, -0.05) is 18.2 Å². The number of ether oxygens (including phenoxy) is 1. The predicted molar refractivity (Wildman–Crippen MR) is 124 cm³/mol. The zero-order valence-electron chi connectivity index (χ0n) is 17.6. The van der Waals surface area contributed by atoms with Gasteiger partial charge in [0.25, 0.3) is 5.91 Å². The van der Waals surface area contributed by atoms with Gasteiger partial charge in [0.1, 0.15) is 11.5 Å². The molecule has 1 amide bonds. The summed E-state index contributed by atoms with van der Waals surface area (Å²) in [4.78, 5) is 41.8. The lowest BCUT2D eigenvalue weighted by Gasteiger charge is -2.07. The number of carbonyl (C=O) groups is 3. The molecular weight excluding hydrogens is 444 g/mol. The van der Waals surface area contributed by atoms with Crippen LogP contribution in [0.15, 0.2) is 75.0 Å². The Morgan fingerprint density at radius 3 is 2.55 bits per heavy atom. The van der Waals surface area contributed by atoms with Crippen LogP contribution in [0.5, 0.6) is 0 Å². The van der Waals surface area contributed by atoms with E-state index < -0.39 is 11.9 Å². The number of furan rings is 1. The summed E-state index contributed by atoms with van der Waals surface area (Å²) in [6.07, 6.45) is 1.63. The number of methoxy groups -OCH3 is 1. The van der Waals surface area contributed by atoms with Crippen LogP contribution >= 0.6 is 11.8 Å². The number of carboxylic acid groups (broad SMARTS) is 1. The van der Waals surface area contributed by atoms with Gasteiger partial charge in [-0.05, 0) is 54.2 Å². The van der Waals surface area contributed by atoms with Crippen molar-refractivity contribution in [2.24, 2.45) is 4.99 Å². The minimum absolute atomic E-state index is 0.188. The quantitative estimate of drug-likeness (QED) is 0.434. The maximum atomic E-state index is 12.7. The maximum absolute atomic E-state index is 12.7. The second-order valence-electron chi connectivity index (χ2n) is 7.00. The number of esters is 1. The van der Waals surface area contributed by atoms with E-state index in [2.05, 4.69) is 4.99 Å². The van der Waals surface area contributed by atoms with Gasteiger partial charge < -0.3 is 14.3 Å². The monoisotopic (exact) mass is 462 g/mol. The topological polar surface area (TPSA) is 109 Å². The molecule has 3 aromatic rings. The molecule has 0 atom stereocenters. The lowest BCUT2D eigenvalue weighted by molar-refractivity contribution is -0.121. The molecule has 9 heteroatoms. The van der Waals surface area contributed by atoms with Crippen LogP contribution in [0.3, 0.4) is 0 Å². The molecule has 1 N–H and O–H groups in total. The summed E-state index contributed by atoms with van der Waals surface area (Å²) in [7, 11) is 2.93. The smallest absolute Gasteiger partial charge is 0.337 e. The molecule has 1 fully saturated rings. The van der Waals surface area contributed by atoms with Crippen molar-refractivity contribution in [3.8, 4) is 11.3 Å². The summed E-state index contributed by atoms with van der Waals surface area (Å²) in [6, 6.07) is 16.5. The lowest BCUT2D eigenvalue weighted by Crippen LogP contribution is -2.23. The number of hydrogen-bond acceptors (Lipinski definition) is 7. The number of thioether (sulfide) groups is 1. The molecule has 1 aromatic heterocycles. The summed E-state index contributed by atoms with van der Waals surface area (Å²) in [5.41, 5.74) is 1.80. The minimum Gasteiger partial charge on any atom is -0.478 e. The van der Waals surface area contributed by atoms with Gasteiger partial charge in [0.2, 0.25) is 0 Å². The molecule has 8 nitrogen and oxygen atoms in total. The van der Waals surface area contributed by atoms with E-state index >= 15 is 0 Å². The van der Waals surface area contributed by atoms with Gasteiger partial charge >= 0.3 is 11.9 Å². The van der Waals surface area contributed by atoms with E-state index in [4.69, 9.17) is 14.3 Å². The Balaban J connectivity index is 1.55. The third-order valence-corrected chi connectivity index (χ3v) is 5.87. The molecular formula is C24H18N2O6S. The molecule has 1 aliphatic heterocycles. The molecule has 166 valence electrons. The standard InChI is InChI=1S/C24H18N2O6S/c1-26-21(27)20(33-24(26)25-17-5-3-4-16(12-17)23(30)31-2)13-18-10-11-19(32-18)14-6-8-15(9-7-14)22(28)29/h3-13H,1-2H3,(H,28,29). The third-order valence-electron chi connectivity index (χ3n) is 4.81. The van der Waals surface area contributed by atoms with Crippen molar-refractivity contribution in [3.63, 3.8) is 0 Å². The summed E-state index contributed by atoms with van der Waals surface area (Å²) >= 11 is 1.19. The van der Waals surface area contributed by atoms with E-state index in [9.17, 15) is 14.4 Å². The maximum Gasteiger partial charge on any atom is 0.337 e. The number of aromatic carboxylic acids is 1. The number of hydrogen-bond donors (Lipinski definition) is 1. The predicted octanol–water partition coefficient (Wildman–Crippen LogP) is 4.67. The van der Waals surface area contributed by atoms with Gasteiger partial charge in [-0.25, -0.2) is 14.6 Å².